The van der Waals surface area contributed by atoms with Gasteiger partial charge in [-0.3, -0.25) is 4.79 Å². The van der Waals surface area contributed by atoms with Crippen LogP contribution in [0.1, 0.15) is 40.0 Å². The number of carbonyl (C=O) groups excluding carboxylic acids is 1. The SMILES string of the molecule is C=C1/C=C\C(C(C)C)CC(=O)[C@@]2(C)O[C@@H]2CC1. The summed E-state index contributed by atoms with van der Waals surface area (Å²) in [5, 5.41) is 0. The predicted molar refractivity (Wildman–Crippen MR) is 68.7 cm³/mol. The number of carbonyl (C=O) groups is 1. The van der Waals surface area contributed by atoms with Gasteiger partial charge in [0, 0.05) is 6.42 Å². The molecule has 0 aromatic heterocycles. The average molecular weight is 234 g/mol. The van der Waals surface area contributed by atoms with Gasteiger partial charge in [0.2, 0.25) is 0 Å². The molecule has 2 heteroatoms. The zero-order chi connectivity index (χ0) is 12.6. The highest BCUT2D eigenvalue weighted by Gasteiger charge is 2.57. The molecule has 1 unspecified atom stereocenters. The van der Waals surface area contributed by atoms with Crippen molar-refractivity contribution >= 4 is 5.78 Å². The fourth-order valence-electron chi connectivity index (χ4n) is 2.44. The Kier molecular flexibility index (Phi) is 3.26. The summed E-state index contributed by atoms with van der Waals surface area (Å²) in [7, 11) is 0. The third-order valence-electron chi connectivity index (χ3n) is 4.08. The molecule has 0 spiro atoms. The number of hydrogen-bond donors (Lipinski definition) is 0. The molecule has 0 N–H and O–H groups in total. The zero-order valence-electron chi connectivity index (χ0n) is 11.0. The topological polar surface area (TPSA) is 29.6 Å². The molecule has 0 saturated carbocycles. The van der Waals surface area contributed by atoms with Crippen LogP contribution >= 0.6 is 0 Å². The highest BCUT2D eigenvalue weighted by molar-refractivity contribution is 5.90. The summed E-state index contributed by atoms with van der Waals surface area (Å²) >= 11 is 0. The van der Waals surface area contributed by atoms with Gasteiger partial charge >= 0.3 is 0 Å². The molecule has 2 rings (SSSR count). The Morgan fingerprint density at radius 2 is 2.24 bits per heavy atom. The molecule has 1 fully saturated rings. The molecule has 2 aliphatic rings. The van der Waals surface area contributed by atoms with Crippen molar-refractivity contribution in [2.75, 3.05) is 0 Å². The minimum absolute atomic E-state index is 0.117. The molecule has 0 amide bonds. The first-order valence-electron chi connectivity index (χ1n) is 6.50. The van der Waals surface area contributed by atoms with Crippen LogP contribution in [0.3, 0.4) is 0 Å². The van der Waals surface area contributed by atoms with Crippen molar-refractivity contribution in [2.45, 2.75) is 51.7 Å². The summed E-state index contributed by atoms with van der Waals surface area (Å²) in [6, 6.07) is 0. The summed E-state index contributed by atoms with van der Waals surface area (Å²) in [6.45, 7) is 10.3. The lowest BCUT2D eigenvalue weighted by Gasteiger charge is -2.18. The summed E-state index contributed by atoms with van der Waals surface area (Å²) in [4.78, 5) is 12.2. The van der Waals surface area contributed by atoms with E-state index in [-0.39, 0.29) is 11.9 Å². The van der Waals surface area contributed by atoms with Crippen molar-refractivity contribution in [3.8, 4) is 0 Å². The standard InChI is InChI=1S/C15H22O2/c1-10(2)12-7-5-11(3)6-8-14-15(4,17-14)13(16)9-12/h5,7,10,12,14H,3,6,8-9H2,1-2,4H3/b7-5-/t12?,14-,15-/m1/s1. The third kappa shape index (κ3) is 2.52. The minimum atomic E-state index is -0.501. The Balaban J connectivity index is 2.18. The average Bonchev–Trinajstić information content (AvgIpc) is 2.93. The number of rotatable bonds is 1. The van der Waals surface area contributed by atoms with Gasteiger partial charge < -0.3 is 4.74 Å². The number of ketones is 1. The van der Waals surface area contributed by atoms with E-state index in [9.17, 15) is 4.79 Å². The van der Waals surface area contributed by atoms with Crippen LogP contribution in [-0.4, -0.2) is 17.5 Å². The van der Waals surface area contributed by atoms with Crippen LogP contribution < -0.4 is 0 Å². The largest absolute Gasteiger partial charge is 0.358 e. The second-order valence-electron chi connectivity index (χ2n) is 5.80. The van der Waals surface area contributed by atoms with Crippen LogP contribution in [0, 0.1) is 11.8 Å². The Hall–Kier alpha value is -0.890. The molecule has 0 aromatic rings. The summed E-state index contributed by atoms with van der Waals surface area (Å²) in [5.74, 6) is 1.04. The molecule has 0 aromatic carbocycles. The van der Waals surface area contributed by atoms with E-state index < -0.39 is 5.60 Å². The number of Topliss-reactive ketones (excluding diaryl/α,β-unsaturated/α-hetero) is 1. The monoisotopic (exact) mass is 234 g/mol. The van der Waals surface area contributed by atoms with Crippen LogP contribution in [0.4, 0.5) is 0 Å². The third-order valence-corrected chi connectivity index (χ3v) is 4.08. The first-order valence-corrected chi connectivity index (χ1v) is 6.50. The van der Waals surface area contributed by atoms with Crippen molar-refractivity contribution < 1.29 is 9.53 Å². The van der Waals surface area contributed by atoms with Gasteiger partial charge in [0.1, 0.15) is 5.60 Å². The Labute approximate surface area is 104 Å². The highest BCUT2D eigenvalue weighted by atomic mass is 16.6. The van der Waals surface area contributed by atoms with Crippen LogP contribution in [0.2, 0.25) is 0 Å². The molecule has 3 atom stereocenters. The van der Waals surface area contributed by atoms with Gasteiger partial charge in [-0.25, -0.2) is 0 Å². The van der Waals surface area contributed by atoms with E-state index in [2.05, 4.69) is 32.6 Å². The maximum atomic E-state index is 12.2. The van der Waals surface area contributed by atoms with E-state index in [4.69, 9.17) is 4.74 Å². The normalized spacial score (nSPS) is 40.0. The van der Waals surface area contributed by atoms with E-state index in [0.717, 1.165) is 18.4 Å². The molecule has 1 heterocycles. The number of allylic oxidation sites excluding steroid dienone is 3. The fraction of sp³-hybridized carbons (Fsp3) is 0.667. The van der Waals surface area contributed by atoms with Gasteiger partial charge in [0.15, 0.2) is 5.78 Å². The number of hydrogen-bond acceptors (Lipinski definition) is 2. The van der Waals surface area contributed by atoms with Gasteiger partial charge in [0.25, 0.3) is 0 Å². The van der Waals surface area contributed by atoms with E-state index in [0.29, 0.717) is 18.3 Å². The summed E-state index contributed by atoms with van der Waals surface area (Å²) < 4.78 is 5.61. The molecule has 0 bridgehead atoms. The maximum absolute atomic E-state index is 12.2. The molecule has 0 radical (unpaired) electrons. The van der Waals surface area contributed by atoms with Crippen molar-refractivity contribution in [1.29, 1.82) is 0 Å². The van der Waals surface area contributed by atoms with E-state index >= 15 is 0 Å². The molecule has 2 nitrogen and oxygen atoms in total. The number of ether oxygens (including phenoxy) is 1. The molecular formula is C15H22O2. The molecule has 1 saturated heterocycles. The zero-order valence-corrected chi connectivity index (χ0v) is 11.0. The van der Waals surface area contributed by atoms with Crippen molar-refractivity contribution in [1.82, 2.24) is 0 Å². The van der Waals surface area contributed by atoms with Crippen LogP contribution in [0.5, 0.6) is 0 Å². The Morgan fingerprint density at radius 3 is 2.88 bits per heavy atom. The van der Waals surface area contributed by atoms with Gasteiger partial charge in [-0.15, -0.1) is 0 Å². The van der Waals surface area contributed by atoms with E-state index in [1.807, 2.05) is 6.92 Å². The van der Waals surface area contributed by atoms with Crippen LogP contribution in [0.25, 0.3) is 0 Å². The first-order chi connectivity index (χ1) is 7.93. The number of fused-ring (bicyclic) bond motifs is 1. The van der Waals surface area contributed by atoms with E-state index in [1.165, 1.54) is 0 Å². The fourth-order valence-corrected chi connectivity index (χ4v) is 2.44. The van der Waals surface area contributed by atoms with Gasteiger partial charge in [-0.2, -0.15) is 0 Å². The molecular weight excluding hydrogens is 212 g/mol. The molecule has 94 valence electrons. The van der Waals surface area contributed by atoms with Crippen molar-refractivity contribution in [2.24, 2.45) is 11.8 Å². The second kappa shape index (κ2) is 4.41. The lowest BCUT2D eigenvalue weighted by molar-refractivity contribution is -0.124. The lowest BCUT2D eigenvalue weighted by atomic mass is 9.84. The quantitative estimate of drug-likeness (QED) is 0.652. The smallest absolute Gasteiger partial charge is 0.167 e. The van der Waals surface area contributed by atoms with Crippen molar-refractivity contribution in [3.05, 3.63) is 24.3 Å². The Morgan fingerprint density at radius 1 is 1.53 bits per heavy atom. The predicted octanol–water partition coefficient (Wildman–Crippen LogP) is 3.28. The molecule has 1 aliphatic carbocycles. The first kappa shape index (κ1) is 12.6. The van der Waals surface area contributed by atoms with E-state index in [1.54, 1.807) is 0 Å². The van der Waals surface area contributed by atoms with Crippen LogP contribution in [-0.2, 0) is 9.53 Å². The Bertz CT molecular complexity index is 367. The highest BCUT2D eigenvalue weighted by Crippen LogP contribution is 2.43. The second-order valence-corrected chi connectivity index (χ2v) is 5.80. The lowest BCUT2D eigenvalue weighted by Crippen LogP contribution is -2.27. The number of epoxide rings is 1. The van der Waals surface area contributed by atoms with Gasteiger partial charge in [0.05, 0.1) is 6.10 Å². The molecule has 17 heavy (non-hydrogen) atoms. The maximum Gasteiger partial charge on any atom is 0.167 e. The van der Waals surface area contributed by atoms with Crippen molar-refractivity contribution in [3.63, 3.8) is 0 Å². The summed E-state index contributed by atoms with van der Waals surface area (Å²) in [6.07, 6.45) is 6.78. The van der Waals surface area contributed by atoms with Gasteiger partial charge in [-0.1, -0.05) is 38.2 Å². The minimum Gasteiger partial charge on any atom is -0.358 e. The van der Waals surface area contributed by atoms with Crippen LogP contribution in [0.15, 0.2) is 24.3 Å². The summed E-state index contributed by atoms with van der Waals surface area (Å²) in [5.41, 5.74) is 0.640. The molecule has 1 aliphatic heterocycles. The van der Waals surface area contributed by atoms with Gasteiger partial charge in [-0.05, 0) is 31.6 Å².